The van der Waals surface area contributed by atoms with E-state index in [1.807, 2.05) is 14.1 Å². The van der Waals surface area contributed by atoms with E-state index in [1.165, 1.54) is 7.11 Å². The Morgan fingerprint density at radius 1 is 1.56 bits per heavy atom. The number of hydrogen-bond donors (Lipinski definition) is 1. The van der Waals surface area contributed by atoms with Crippen LogP contribution < -0.4 is 5.32 Å². The first-order valence-corrected chi connectivity index (χ1v) is 5.95. The molecule has 1 fully saturated rings. The van der Waals surface area contributed by atoms with Gasteiger partial charge < -0.3 is 15.0 Å². The molecule has 1 atom stereocenters. The minimum absolute atomic E-state index is 0.134. The van der Waals surface area contributed by atoms with Crippen LogP contribution in [0.25, 0.3) is 0 Å². The molecule has 4 heteroatoms. The van der Waals surface area contributed by atoms with Gasteiger partial charge in [0.2, 0.25) is 0 Å². The van der Waals surface area contributed by atoms with Gasteiger partial charge in [-0.05, 0) is 46.7 Å². The lowest BCUT2D eigenvalue weighted by Gasteiger charge is -2.36. The Morgan fingerprint density at radius 2 is 2.12 bits per heavy atom. The highest BCUT2D eigenvalue weighted by molar-refractivity contribution is 5.82. The third-order valence-corrected chi connectivity index (χ3v) is 3.65. The van der Waals surface area contributed by atoms with Crippen LogP contribution in [0.4, 0.5) is 0 Å². The second-order valence-corrected chi connectivity index (χ2v) is 5.00. The van der Waals surface area contributed by atoms with E-state index in [4.69, 9.17) is 4.74 Å². The minimum Gasteiger partial charge on any atom is -0.468 e. The summed E-state index contributed by atoms with van der Waals surface area (Å²) in [7, 11) is 5.36. The molecule has 0 saturated heterocycles. The highest BCUT2D eigenvalue weighted by atomic mass is 16.5. The fourth-order valence-electron chi connectivity index (χ4n) is 2.08. The molecule has 1 aliphatic carbocycles. The average molecular weight is 228 g/mol. The summed E-state index contributed by atoms with van der Waals surface area (Å²) < 4.78 is 4.96. The summed E-state index contributed by atoms with van der Waals surface area (Å²) in [6.07, 6.45) is 2.23. The normalized spacial score (nSPS) is 19.9. The monoisotopic (exact) mass is 228 g/mol. The molecular formula is C12H24N2O2. The molecule has 1 rings (SSSR count). The second-order valence-electron chi connectivity index (χ2n) is 5.00. The van der Waals surface area contributed by atoms with Gasteiger partial charge in [-0.3, -0.25) is 0 Å². The molecule has 0 amide bonds. The molecule has 0 spiro atoms. The van der Waals surface area contributed by atoms with Gasteiger partial charge in [0.15, 0.2) is 0 Å². The maximum atomic E-state index is 12.0. The van der Waals surface area contributed by atoms with Gasteiger partial charge in [0, 0.05) is 12.6 Å². The van der Waals surface area contributed by atoms with E-state index in [-0.39, 0.29) is 5.97 Å². The number of nitrogens with zero attached hydrogens (tertiary/aromatic N) is 1. The van der Waals surface area contributed by atoms with Crippen LogP contribution in [0.3, 0.4) is 0 Å². The van der Waals surface area contributed by atoms with Gasteiger partial charge >= 0.3 is 5.97 Å². The molecule has 16 heavy (non-hydrogen) atoms. The van der Waals surface area contributed by atoms with E-state index >= 15 is 0 Å². The topological polar surface area (TPSA) is 41.6 Å². The molecule has 0 aromatic carbocycles. The fraction of sp³-hybridized carbons (Fsp3) is 0.917. The molecule has 94 valence electrons. The van der Waals surface area contributed by atoms with Crippen LogP contribution in [0.5, 0.6) is 0 Å². The number of likely N-dealkylation sites (N-methyl/N-ethyl adjacent to an activating group) is 2. The van der Waals surface area contributed by atoms with Crippen molar-refractivity contribution in [2.24, 2.45) is 5.92 Å². The van der Waals surface area contributed by atoms with Gasteiger partial charge in [0.1, 0.15) is 5.54 Å². The molecule has 1 N–H and O–H groups in total. The lowest BCUT2D eigenvalue weighted by atomic mass is 9.92. The summed E-state index contributed by atoms with van der Waals surface area (Å²) in [5.74, 6) is 0.288. The third kappa shape index (κ3) is 2.55. The Bertz CT molecular complexity index is 251. The first-order valence-electron chi connectivity index (χ1n) is 5.95. The van der Waals surface area contributed by atoms with E-state index in [9.17, 15) is 4.79 Å². The number of hydrogen-bond acceptors (Lipinski definition) is 4. The van der Waals surface area contributed by atoms with Crippen LogP contribution in [0.2, 0.25) is 0 Å². The number of carbonyl (C=O) groups excluding carboxylic acids is 1. The van der Waals surface area contributed by atoms with Gasteiger partial charge in [-0.2, -0.15) is 0 Å². The SMILES string of the molecule is CNC(CN(C)C(C)C)(C(=O)OC)C1CC1. The molecule has 0 heterocycles. The minimum atomic E-state index is -0.520. The van der Waals surface area contributed by atoms with Crippen molar-refractivity contribution in [3.05, 3.63) is 0 Å². The summed E-state index contributed by atoms with van der Waals surface area (Å²) >= 11 is 0. The number of nitrogens with one attached hydrogen (secondary N) is 1. The van der Waals surface area contributed by atoms with Crippen molar-refractivity contribution >= 4 is 5.97 Å². The molecule has 1 saturated carbocycles. The fourth-order valence-corrected chi connectivity index (χ4v) is 2.08. The Morgan fingerprint density at radius 3 is 2.44 bits per heavy atom. The number of rotatable bonds is 6. The average Bonchev–Trinajstić information content (AvgIpc) is 3.08. The number of carbonyl (C=O) groups is 1. The van der Waals surface area contributed by atoms with Crippen molar-refractivity contribution in [3.63, 3.8) is 0 Å². The van der Waals surface area contributed by atoms with Crippen molar-refractivity contribution < 1.29 is 9.53 Å². The summed E-state index contributed by atoms with van der Waals surface area (Å²) in [5.41, 5.74) is -0.520. The molecular weight excluding hydrogens is 204 g/mol. The lowest BCUT2D eigenvalue weighted by Crippen LogP contribution is -2.60. The molecule has 0 bridgehead atoms. The Balaban J connectivity index is 2.81. The highest BCUT2D eigenvalue weighted by Gasteiger charge is 2.51. The first-order chi connectivity index (χ1) is 7.47. The van der Waals surface area contributed by atoms with Gasteiger partial charge in [-0.1, -0.05) is 0 Å². The van der Waals surface area contributed by atoms with Gasteiger partial charge in [0.05, 0.1) is 7.11 Å². The molecule has 1 unspecified atom stereocenters. The van der Waals surface area contributed by atoms with Crippen LogP contribution >= 0.6 is 0 Å². The van der Waals surface area contributed by atoms with E-state index in [1.54, 1.807) is 0 Å². The number of methoxy groups -OCH3 is 1. The van der Waals surface area contributed by atoms with Crippen LogP contribution in [0.15, 0.2) is 0 Å². The maximum Gasteiger partial charge on any atom is 0.327 e. The summed E-state index contributed by atoms with van der Waals surface area (Å²) in [6, 6.07) is 0.427. The summed E-state index contributed by atoms with van der Waals surface area (Å²) in [5, 5.41) is 3.20. The van der Waals surface area contributed by atoms with Crippen LogP contribution in [-0.2, 0) is 9.53 Å². The Hall–Kier alpha value is -0.610. The highest BCUT2D eigenvalue weighted by Crippen LogP contribution is 2.40. The molecule has 4 nitrogen and oxygen atoms in total. The zero-order valence-corrected chi connectivity index (χ0v) is 11.0. The zero-order chi connectivity index (χ0) is 12.3. The quantitative estimate of drug-likeness (QED) is 0.685. The van der Waals surface area contributed by atoms with Crippen LogP contribution in [-0.4, -0.2) is 50.2 Å². The van der Waals surface area contributed by atoms with E-state index in [2.05, 4.69) is 24.1 Å². The van der Waals surface area contributed by atoms with E-state index < -0.39 is 5.54 Å². The Kier molecular flexibility index (Phi) is 4.33. The standard InChI is InChI=1S/C12H24N2O2/c1-9(2)14(4)8-12(13-3,10-6-7-10)11(15)16-5/h9-10,13H,6-8H2,1-5H3. The lowest BCUT2D eigenvalue weighted by molar-refractivity contribution is -0.150. The third-order valence-electron chi connectivity index (χ3n) is 3.65. The predicted octanol–water partition coefficient (Wildman–Crippen LogP) is 0.868. The van der Waals surface area contributed by atoms with Crippen molar-refractivity contribution in [2.45, 2.75) is 38.3 Å². The van der Waals surface area contributed by atoms with Crippen molar-refractivity contribution in [1.82, 2.24) is 10.2 Å². The van der Waals surface area contributed by atoms with Gasteiger partial charge in [0.25, 0.3) is 0 Å². The number of esters is 1. The van der Waals surface area contributed by atoms with E-state index in [0.29, 0.717) is 18.5 Å². The summed E-state index contributed by atoms with van der Waals surface area (Å²) in [4.78, 5) is 14.2. The second kappa shape index (κ2) is 5.15. The molecule has 0 aliphatic heterocycles. The largest absolute Gasteiger partial charge is 0.468 e. The molecule has 1 aliphatic rings. The van der Waals surface area contributed by atoms with E-state index in [0.717, 1.165) is 12.8 Å². The molecule has 0 radical (unpaired) electrons. The van der Waals surface area contributed by atoms with Crippen molar-refractivity contribution in [2.75, 3.05) is 27.7 Å². The molecule has 0 aromatic rings. The predicted molar refractivity (Wildman–Crippen MR) is 64.3 cm³/mol. The number of ether oxygens (including phenoxy) is 1. The van der Waals surface area contributed by atoms with Crippen molar-refractivity contribution in [3.8, 4) is 0 Å². The van der Waals surface area contributed by atoms with Crippen molar-refractivity contribution in [1.29, 1.82) is 0 Å². The zero-order valence-electron chi connectivity index (χ0n) is 11.0. The first kappa shape index (κ1) is 13.5. The van der Waals surface area contributed by atoms with Gasteiger partial charge in [-0.15, -0.1) is 0 Å². The molecule has 0 aromatic heterocycles. The summed E-state index contributed by atoms with van der Waals surface area (Å²) in [6.45, 7) is 4.97. The van der Waals surface area contributed by atoms with Crippen LogP contribution in [0, 0.1) is 5.92 Å². The maximum absolute atomic E-state index is 12.0. The smallest absolute Gasteiger partial charge is 0.327 e. The van der Waals surface area contributed by atoms with Gasteiger partial charge in [-0.25, -0.2) is 4.79 Å². The van der Waals surface area contributed by atoms with Crippen LogP contribution in [0.1, 0.15) is 26.7 Å². The Labute approximate surface area is 98.3 Å².